The Hall–Kier alpha value is -2.00. The van der Waals surface area contributed by atoms with Crippen LogP contribution in [0.2, 0.25) is 10.0 Å². The zero-order valence-electron chi connectivity index (χ0n) is 18.2. The minimum absolute atomic E-state index is 0.146. The fourth-order valence-electron chi connectivity index (χ4n) is 4.08. The third kappa shape index (κ3) is 5.74. The Labute approximate surface area is 204 Å². The van der Waals surface area contributed by atoms with E-state index < -0.39 is 15.9 Å². The van der Waals surface area contributed by atoms with Crippen LogP contribution in [0.15, 0.2) is 36.4 Å². The lowest BCUT2D eigenvalue weighted by Gasteiger charge is -2.32. The van der Waals surface area contributed by atoms with Gasteiger partial charge in [0.05, 0.1) is 17.7 Å². The molecule has 10 heteroatoms. The molecular weight excluding hydrogens is 487 g/mol. The molecule has 0 aromatic heterocycles. The number of ether oxygens (including phenoxy) is 2. The van der Waals surface area contributed by atoms with Gasteiger partial charge in [-0.1, -0.05) is 35.3 Å². The quantitative estimate of drug-likeness (QED) is 0.627. The van der Waals surface area contributed by atoms with Crippen LogP contribution >= 0.6 is 23.2 Å². The maximum Gasteiger partial charge on any atom is 0.224 e. The first-order valence-corrected chi connectivity index (χ1v) is 13.2. The number of nitrogens with one attached hydrogen (secondary N) is 1. The maximum absolute atomic E-state index is 13.0. The molecule has 2 aliphatic heterocycles. The van der Waals surface area contributed by atoms with Gasteiger partial charge in [-0.15, -0.1) is 0 Å². The lowest BCUT2D eigenvalue weighted by Crippen LogP contribution is -2.46. The average Bonchev–Trinajstić information content (AvgIpc) is 2.80. The minimum atomic E-state index is -3.63. The highest BCUT2D eigenvalue weighted by Crippen LogP contribution is 2.33. The van der Waals surface area contributed by atoms with Gasteiger partial charge in [0.2, 0.25) is 15.9 Å². The van der Waals surface area contributed by atoms with E-state index in [1.807, 2.05) is 25.1 Å². The summed E-state index contributed by atoms with van der Waals surface area (Å²) in [5.74, 6) is 0.536. The first kappa shape index (κ1) is 24.1. The molecule has 7 nitrogen and oxygen atoms in total. The Balaban J connectivity index is 1.39. The van der Waals surface area contributed by atoms with Crippen molar-refractivity contribution in [2.24, 2.45) is 5.92 Å². The third-order valence-electron chi connectivity index (χ3n) is 5.93. The average molecular weight is 513 g/mol. The van der Waals surface area contributed by atoms with E-state index in [2.05, 4.69) is 5.32 Å². The molecule has 178 valence electrons. The Kier molecular flexibility index (Phi) is 7.38. The Morgan fingerprint density at radius 1 is 1.15 bits per heavy atom. The van der Waals surface area contributed by atoms with E-state index in [9.17, 15) is 13.2 Å². The number of hydrogen-bond acceptors (Lipinski definition) is 5. The first-order chi connectivity index (χ1) is 15.7. The normalized spacial score (nSPS) is 19.7. The summed E-state index contributed by atoms with van der Waals surface area (Å²) in [5, 5.41) is 3.78. The smallest absolute Gasteiger partial charge is 0.224 e. The monoisotopic (exact) mass is 512 g/mol. The van der Waals surface area contributed by atoms with E-state index in [-0.39, 0.29) is 24.2 Å². The van der Waals surface area contributed by atoms with Gasteiger partial charge in [0.25, 0.3) is 0 Å². The number of hydrogen-bond donors (Lipinski definition) is 1. The molecule has 2 aromatic rings. The molecule has 0 bridgehead atoms. The first-order valence-electron chi connectivity index (χ1n) is 10.8. The van der Waals surface area contributed by atoms with Gasteiger partial charge in [0.1, 0.15) is 13.2 Å². The molecule has 0 saturated carbocycles. The molecule has 2 aliphatic rings. The predicted octanol–water partition coefficient (Wildman–Crippen LogP) is 4.18. The zero-order valence-corrected chi connectivity index (χ0v) is 20.5. The van der Waals surface area contributed by atoms with Gasteiger partial charge in [-0.05, 0) is 55.2 Å². The highest BCUT2D eigenvalue weighted by atomic mass is 35.5. The summed E-state index contributed by atoms with van der Waals surface area (Å²) in [6.45, 7) is 3.43. The summed E-state index contributed by atoms with van der Waals surface area (Å²) in [6, 6.07) is 10.1. The predicted molar refractivity (Wildman–Crippen MR) is 127 cm³/mol. The molecule has 0 radical (unpaired) electrons. The second-order valence-corrected chi connectivity index (χ2v) is 11.1. The molecule has 1 saturated heterocycles. The number of benzene rings is 2. The van der Waals surface area contributed by atoms with Gasteiger partial charge >= 0.3 is 0 Å². The van der Waals surface area contributed by atoms with Crippen LogP contribution < -0.4 is 14.8 Å². The fraction of sp³-hybridized carbons (Fsp3) is 0.435. The molecule has 2 aromatic carbocycles. The van der Waals surface area contributed by atoms with Crippen molar-refractivity contribution in [1.82, 2.24) is 9.62 Å². The van der Waals surface area contributed by atoms with Crippen molar-refractivity contribution in [3.8, 4) is 11.5 Å². The van der Waals surface area contributed by atoms with Crippen molar-refractivity contribution in [1.29, 1.82) is 0 Å². The van der Waals surface area contributed by atoms with Crippen molar-refractivity contribution >= 4 is 39.1 Å². The van der Waals surface area contributed by atoms with Gasteiger partial charge in [-0.2, -0.15) is 0 Å². The summed E-state index contributed by atoms with van der Waals surface area (Å²) < 4.78 is 38.6. The lowest BCUT2D eigenvalue weighted by atomic mass is 9.97. The van der Waals surface area contributed by atoms with Crippen LogP contribution in [0.3, 0.4) is 0 Å². The molecule has 2 heterocycles. The standard InChI is InChI=1S/C23H26Cl2N2O5S/c1-15(16-5-7-21-22(11-16)32-10-9-31-21)26-23(28)17-3-2-8-27(13-17)33(29,30)14-18-4-6-19(24)12-20(18)25/h4-7,11-12,15,17H,2-3,8-10,13-14H2,1H3,(H,26,28)/t15-,17-/m1/s1. The second kappa shape index (κ2) is 10.1. The Morgan fingerprint density at radius 3 is 2.67 bits per heavy atom. The summed E-state index contributed by atoms with van der Waals surface area (Å²) in [7, 11) is -3.63. The van der Waals surface area contributed by atoms with Crippen molar-refractivity contribution in [2.75, 3.05) is 26.3 Å². The molecule has 33 heavy (non-hydrogen) atoms. The molecule has 2 atom stereocenters. The van der Waals surface area contributed by atoms with Crippen LogP contribution in [0, 0.1) is 5.92 Å². The Morgan fingerprint density at radius 2 is 1.91 bits per heavy atom. The molecule has 0 spiro atoms. The van der Waals surface area contributed by atoms with Gasteiger partial charge in [-0.25, -0.2) is 12.7 Å². The number of carbonyl (C=O) groups excluding carboxylic acids is 1. The van der Waals surface area contributed by atoms with Crippen molar-refractivity contribution in [3.63, 3.8) is 0 Å². The summed E-state index contributed by atoms with van der Waals surface area (Å²) in [4.78, 5) is 13.0. The molecule has 0 unspecified atom stereocenters. The van der Waals surface area contributed by atoms with E-state index in [0.717, 1.165) is 5.56 Å². The minimum Gasteiger partial charge on any atom is -0.486 e. The van der Waals surface area contributed by atoms with Crippen molar-refractivity contribution in [3.05, 3.63) is 57.6 Å². The molecular formula is C23H26Cl2N2O5S. The van der Waals surface area contributed by atoms with Crippen LogP contribution in [-0.4, -0.2) is 44.9 Å². The number of piperidine rings is 1. The topological polar surface area (TPSA) is 84.9 Å². The van der Waals surface area contributed by atoms with Gasteiger partial charge in [0, 0.05) is 23.1 Å². The van der Waals surface area contributed by atoms with E-state index >= 15 is 0 Å². The van der Waals surface area contributed by atoms with E-state index in [1.165, 1.54) is 10.4 Å². The molecule has 1 N–H and O–H groups in total. The zero-order chi connectivity index (χ0) is 23.6. The molecule has 1 fully saturated rings. The van der Waals surface area contributed by atoms with Crippen molar-refractivity contribution < 1.29 is 22.7 Å². The fourth-order valence-corrected chi connectivity index (χ4v) is 6.28. The highest BCUT2D eigenvalue weighted by Gasteiger charge is 2.33. The van der Waals surface area contributed by atoms with E-state index in [4.69, 9.17) is 32.7 Å². The lowest BCUT2D eigenvalue weighted by molar-refractivity contribution is -0.126. The molecule has 4 rings (SSSR count). The van der Waals surface area contributed by atoms with Crippen LogP contribution in [0.1, 0.15) is 36.9 Å². The number of fused-ring (bicyclic) bond motifs is 1. The maximum atomic E-state index is 13.0. The number of halogens is 2. The van der Waals surface area contributed by atoms with Crippen LogP contribution in [0.5, 0.6) is 11.5 Å². The Bertz CT molecular complexity index is 1140. The van der Waals surface area contributed by atoms with Crippen LogP contribution in [0.4, 0.5) is 0 Å². The number of amides is 1. The highest BCUT2D eigenvalue weighted by molar-refractivity contribution is 7.88. The van der Waals surface area contributed by atoms with Gasteiger partial charge < -0.3 is 14.8 Å². The SMILES string of the molecule is C[C@@H](NC(=O)[C@@H]1CCCN(S(=O)(=O)Cc2ccc(Cl)cc2Cl)C1)c1ccc2c(c1)OCCO2. The van der Waals surface area contributed by atoms with Crippen LogP contribution in [0.25, 0.3) is 0 Å². The van der Waals surface area contributed by atoms with E-state index in [0.29, 0.717) is 59.7 Å². The van der Waals surface area contributed by atoms with Crippen LogP contribution in [-0.2, 0) is 20.6 Å². The number of nitrogens with zero attached hydrogens (tertiary/aromatic N) is 1. The van der Waals surface area contributed by atoms with Gasteiger partial charge in [0.15, 0.2) is 11.5 Å². The summed E-state index contributed by atoms with van der Waals surface area (Å²) >= 11 is 12.1. The summed E-state index contributed by atoms with van der Waals surface area (Å²) in [5.41, 5.74) is 1.38. The summed E-state index contributed by atoms with van der Waals surface area (Å²) in [6.07, 6.45) is 1.25. The van der Waals surface area contributed by atoms with Gasteiger partial charge in [-0.3, -0.25) is 4.79 Å². The number of rotatable bonds is 6. The molecule has 1 amide bonds. The third-order valence-corrected chi connectivity index (χ3v) is 8.31. The second-order valence-electron chi connectivity index (χ2n) is 8.32. The van der Waals surface area contributed by atoms with E-state index in [1.54, 1.807) is 12.1 Å². The largest absolute Gasteiger partial charge is 0.486 e. The number of sulfonamides is 1. The van der Waals surface area contributed by atoms with Crippen molar-refractivity contribution in [2.45, 2.75) is 31.6 Å². The molecule has 0 aliphatic carbocycles. The number of carbonyl (C=O) groups is 1.